The number of morpholine rings is 1. The zero-order chi connectivity index (χ0) is 15.8. The number of ether oxygens (including phenoxy) is 1. The first-order valence-electron chi connectivity index (χ1n) is 6.50. The molecule has 1 fully saturated rings. The maximum Gasteiger partial charge on any atom is 0.246 e. The van der Waals surface area contributed by atoms with Crippen molar-refractivity contribution in [2.45, 2.75) is 37.6 Å². The molecule has 1 N–H and O–H groups in total. The highest BCUT2D eigenvalue weighted by Crippen LogP contribution is 2.26. The molecule has 2 rings (SSSR count). The summed E-state index contributed by atoms with van der Waals surface area (Å²) < 4.78 is 59.1. The third-order valence-electron chi connectivity index (χ3n) is 3.31. The standard InChI is InChI=1S/C13H17F2NO4S/c1-8-5-16(6-9(2)20-8)21(18,19)12-4-3-11(14)10(7-17)13(12)15/h3-4,8-9,17H,5-7H2,1-2H3. The van der Waals surface area contributed by atoms with Crippen LogP contribution in [0, 0.1) is 11.6 Å². The highest BCUT2D eigenvalue weighted by atomic mass is 32.2. The summed E-state index contributed by atoms with van der Waals surface area (Å²) in [5.74, 6) is -2.22. The zero-order valence-corrected chi connectivity index (χ0v) is 12.5. The van der Waals surface area contributed by atoms with E-state index in [1.54, 1.807) is 13.8 Å². The predicted molar refractivity (Wildman–Crippen MR) is 71.0 cm³/mol. The number of hydrogen-bond donors (Lipinski definition) is 1. The molecule has 8 heteroatoms. The SMILES string of the molecule is CC1CN(S(=O)(=O)c2ccc(F)c(CO)c2F)CC(C)O1. The van der Waals surface area contributed by atoms with E-state index in [-0.39, 0.29) is 25.3 Å². The van der Waals surface area contributed by atoms with Crippen molar-refractivity contribution >= 4 is 10.0 Å². The third kappa shape index (κ3) is 3.08. The molecule has 1 saturated heterocycles. The van der Waals surface area contributed by atoms with E-state index in [4.69, 9.17) is 9.84 Å². The van der Waals surface area contributed by atoms with Gasteiger partial charge in [-0.15, -0.1) is 0 Å². The lowest BCUT2D eigenvalue weighted by Crippen LogP contribution is -2.48. The largest absolute Gasteiger partial charge is 0.391 e. The molecule has 1 aliphatic rings. The van der Waals surface area contributed by atoms with Gasteiger partial charge in [0.1, 0.15) is 10.7 Å². The Morgan fingerprint density at radius 1 is 1.29 bits per heavy atom. The fourth-order valence-electron chi connectivity index (χ4n) is 2.39. The smallest absolute Gasteiger partial charge is 0.246 e. The Bertz CT molecular complexity index is 625. The van der Waals surface area contributed by atoms with E-state index in [2.05, 4.69) is 0 Å². The van der Waals surface area contributed by atoms with Crippen LogP contribution in [0.15, 0.2) is 17.0 Å². The number of aliphatic hydroxyl groups excluding tert-OH is 1. The van der Waals surface area contributed by atoms with Gasteiger partial charge in [0.15, 0.2) is 5.82 Å². The zero-order valence-electron chi connectivity index (χ0n) is 11.7. The van der Waals surface area contributed by atoms with Crippen molar-refractivity contribution < 1.29 is 27.0 Å². The summed E-state index contributed by atoms with van der Waals surface area (Å²) in [5, 5.41) is 8.98. The topological polar surface area (TPSA) is 66.8 Å². The van der Waals surface area contributed by atoms with Crippen molar-refractivity contribution in [1.82, 2.24) is 4.31 Å². The molecule has 0 saturated carbocycles. The van der Waals surface area contributed by atoms with E-state index in [0.717, 1.165) is 16.4 Å². The first-order valence-corrected chi connectivity index (χ1v) is 7.94. The van der Waals surface area contributed by atoms with Gasteiger partial charge in [-0.3, -0.25) is 0 Å². The molecule has 0 aromatic heterocycles. The Morgan fingerprint density at radius 2 is 1.86 bits per heavy atom. The Kier molecular flexibility index (Phi) is 4.62. The first-order chi connectivity index (χ1) is 9.77. The minimum absolute atomic E-state index is 0.0952. The normalized spacial score (nSPS) is 24.2. The summed E-state index contributed by atoms with van der Waals surface area (Å²) in [7, 11) is -4.11. The lowest BCUT2D eigenvalue weighted by Gasteiger charge is -2.34. The van der Waals surface area contributed by atoms with Gasteiger partial charge in [-0.1, -0.05) is 0 Å². The lowest BCUT2D eigenvalue weighted by atomic mass is 10.2. The van der Waals surface area contributed by atoms with Crippen molar-refractivity contribution in [3.05, 3.63) is 29.3 Å². The summed E-state index contributed by atoms with van der Waals surface area (Å²) in [6.07, 6.45) is -0.631. The molecule has 21 heavy (non-hydrogen) atoms. The second-order valence-corrected chi connectivity index (χ2v) is 6.98. The van der Waals surface area contributed by atoms with E-state index in [0.29, 0.717) is 0 Å². The lowest BCUT2D eigenvalue weighted by molar-refractivity contribution is -0.0441. The number of hydrogen-bond acceptors (Lipinski definition) is 4. The molecule has 0 bridgehead atoms. The number of sulfonamides is 1. The molecule has 1 aromatic rings. The quantitative estimate of drug-likeness (QED) is 0.910. The minimum atomic E-state index is -4.11. The number of aliphatic hydroxyl groups is 1. The fourth-order valence-corrected chi connectivity index (χ4v) is 4.07. The number of benzene rings is 1. The number of rotatable bonds is 3. The van der Waals surface area contributed by atoms with Crippen molar-refractivity contribution in [3.8, 4) is 0 Å². The molecule has 0 amide bonds. The van der Waals surface area contributed by atoms with Gasteiger partial charge in [-0.2, -0.15) is 4.31 Å². The van der Waals surface area contributed by atoms with Crippen LogP contribution in [-0.2, 0) is 21.4 Å². The second kappa shape index (κ2) is 5.96. The molecular formula is C13H17F2NO4S. The molecule has 0 radical (unpaired) electrons. The van der Waals surface area contributed by atoms with Gasteiger partial charge in [-0.05, 0) is 26.0 Å². The van der Waals surface area contributed by atoms with E-state index in [1.165, 1.54) is 0 Å². The van der Waals surface area contributed by atoms with E-state index in [1.807, 2.05) is 0 Å². The van der Waals surface area contributed by atoms with Crippen LogP contribution in [0.25, 0.3) is 0 Å². The summed E-state index contributed by atoms with van der Waals surface area (Å²) in [6, 6.07) is 1.72. The van der Waals surface area contributed by atoms with Crippen LogP contribution in [0.5, 0.6) is 0 Å². The highest BCUT2D eigenvalue weighted by Gasteiger charge is 2.34. The highest BCUT2D eigenvalue weighted by molar-refractivity contribution is 7.89. The van der Waals surface area contributed by atoms with Gasteiger partial charge in [0, 0.05) is 13.1 Å². The molecule has 1 aliphatic heterocycles. The van der Waals surface area contributed by atoms with Gasteiger partial charge in [-0.25, -0.2) is 17.2 Å². The van der Waals surface area contributed by atoms with Crippen LogP contribution < -0.4 is 0 Å². The van der Waals surface area contributed by atoms with Crippen LogP contribution in [0.3, 0.4) is 0 Å². The maximum atomic E-state index is 14.1. The average molecular weight is 321 g/mol. The Labute approximate surface area is 122 Å². The molecule has 2 unspecified atom stereocenters. The monoisotopic (exact) mass is 321 g/mol. The second-order valence-electron chi connectivity index (χ2n) is 5.08. The van der Waals surface area contributed by atoms with Crippen molar-refractivity contribution in [1.29, 1.82) is 0 Å². The predicted octanol–water partition coefficient (Wildman–Crippen LogP) is 1.26. The van der Waals surface area contributed by atoms with E-state index in [9.17, 15) is 17.2 Å². The van der Waals surface area contributed by atoms with E-state index >= 15 is 0 Å². The molecule has 118 valence electrons. The number of nitrogens with zero attached hydrogens (tertiary/aromatic N) is 1. The van der Waals surface area contributed by atoms with Crippen molar-refractivity contribution in [2.75, 3.05) is 13.1 Å². The van der Waals surface area contributed by atoms with Crippen molar-refractivity contribution in [3.63, 3.8) is 0 Å². The fraction of sp³-hybridized carbons (Fsp3) is 0.538. The Hall–Kier alpha value is -1.09. The van der Waals surface area contributed by atoms with E-state index < -0.39 is 38.7 Å². The molecule has 0 aliphatic carbocycles. The van der Waals surface area contributed by atoms with Gasteiger partial charge in [0.05, 0.1) is 24.4 Å². The summed E-state index contributed by atoms with van der Waals surface area (Å²) in [5.41, 5.74) is -0.648. The summed E-state index contributed by atoms with van der Waals surface area (Å²) >= 11 is 0. The van der Waals surface area contributed by atoms with Crippen LogP contribution in [0.2, 0.25) is 0 Å². The molecular weight excluding hydrogens is 304 g/mol. The van der Waals surface area contributed by atoms with Crippen molar-refractivity contribution in [2.24, 2.45) is 0 Å². The van der Waals surface area contributed by atoms with Gasteiger partial charge < -0.3 is 9.84 Å². The molecule has 1 aromatic carbocycles. The molecule has 1 heterocycles. The average Bonchev–Trinajstić information content (AvgIpc) is 2.37. The maximum absolute atomic E-state index is 14.1. The van der Waals surface area contributed by atoms with Gasteiger partial charge in [0.2, 0.25) is 10.0 Å². The minimum Gasteiger partial charge on any atom is -0.391 e. The molecule has 0 spiro atoms. The molecule has 2 atom stereocenters. The Balaban J connectivity index is 2.45. The van der Waals surface area contributed by atoms with Crippen LogP contribution in [0.4, 0.5) is 8.78 Å². The van der Waals surface area contributed by atoms with Gasteiger partial charge in [0.25, 0.3) is 0 Å². The number of halogens is 2. The molecule has 5 nitrogen and oxygen atoms in total. The van der Waals surface area contributed by atoms with Crippen LogP contribution in [0.1, 0.15) is 19.4 Å². The third-order valence-corrected chi connectivity index (χ3v) is 5.16. The first kappa shape index (κ1) is 16.3. The summed E-state index contributed by atoms with van der Waals surface area (Å²) in [6.45, 7) is 2.73. The van der Waals surface area contributed by atoms with Crippen LogP contribution >= 0.6 is 0 Å². The van der Waals surface area contributed by atoms with Crippen LogP contribution in [-0.4, -0.2) is 43.1 Å². The summed E-state index contributed by atoms with van der Waals surface area (Å²) in [4.78, 5) is -0.630. The Morgan fingerprint density at radius 3 is 2.38 bits per heavy atom. The van der Waals surface area contributed by atoms with Gasteiger partial charge >= 0.3 is 0 Å².